The topological polar surface area (TPSA) is 61.9 Å². The van der Waals surface area contributed by atoms with Crippen molar-refractivity contribution < 1.29 is 14.3 Å². The molecule has 3 rings (SSSR count). The lowest BCUT2D eigenvalue weighted by atomic mass is 10.1. The van der Waals surface area contributed by atoms with Crippen LogP contribution in [0.1, 0.15) is 29.6 Å². The first kappa shape index (κ1) is 21.0. The Morgan fingerprint density at radius 2 is 1.76 bits per heavy atom. The fraction of sp³-hybridized carbons (Fsp3) is 0.364. The lowest BCUT2D eigenvalue weighted by Gasteiger charge is -2.28. The number of amides is 2. The van der Waals surface area contributed by atoms with Gasteiger partial charge in [-0.2, -0.15) is 0 Å². The van der Waals surface area contributed by atoms with Crippen molar-refractivity contribution in [2.45, 2.75) is 19.3 Å². The van der Waals surface area contributed by atoms with Crippen molar-refractivity contribution in [3.8, 4) is 5.75 Å². The van der Waals surface area contributed by atoms with Crippen LogP contribution in [0.4, 0.5) is 11.4 Å². The number of carbonyl (C=O) groups excluding carboxylic acids is 2. The third-order valence-corrected chi connectivity index (χ3v) is 5.07. The summed E-state index contributed by atoms with van der Waals surface area (Å²) in [4.78, 5) is 29.1. The summed E-state index contributed by atoms with van der Waals surface area (Å²) in [5.74, 6) is 0.268. The average molecular weight is 416 g/mol. The van der Waals surface area contributed by atoms with Gasteiger partial charge in [-0.25, -0.2) is 0 Å². The maximum absolute atomic E-state index is 13.1. The average Bonchev–Trinajstić information content (AvgIpc) is 2.73. The van der Waals surface area contributed by atoms with Crippen LogP contribution in [-0.2, 0) is 4.79 Å². The van der Waals surface area contributed by atoms with Crippen molar-refractivity contribution in [2.24, 2.45) is 0 Å². The molecule has 0 unspecified atom stereocenters. The van der Waals surface area contributed by atoms with E-state index in [1.807, 2.05) is 30.0 Å². The van der Waals surface area contributed by atoms with E-state index in [0.717, 1.165) is 38.0 Å². The number of benzene rings is 2. The zero-order chi connectivity index (χ0) is 20.8. The number of rotatable bonds is 6. The van der Waals surface area contributed by atoms with E-state index in [1.54, 1.807) is 36.4 Å². The van der Waals surface area contributed by atoms with Gasteiger partial charge < -0.3 is 19.9 Å². The molecule has 2 aromatic rings. The number of nitrogens with zero attached hydrogens (tertiary/aromatic N) is 2. The first-order valence-corrected chi connectivity index (χ1v) is 10.1. The number of anilines is 2. The molecule has 0 spiro atoms. The molecule has 29 heavy (non-hydrogen) atoms. The van der Waals surface area contributed by atoms with E-state index in [-0.39, 0.29) is 18.4 Å². The summed E-state index contributed by atoms with van der Waals surface area (Å²) in [6.07, 6.45) is 3.22. The second-order valence-corrected chi connectivity index (χ2v) is 7.71. The highest BCUT2D eigenvalue weighted by molar-refractivity contribution is 6.30. The van der Waals surface area contributed by atoms with E-state index in [0.29, 0.717) is 22.0 Å². The van der Waals surface area contributed by atoms with Crippen molar-refractivity contribution in [2.75, 3.05) is 44.0 Å². The molecule has 6 nitrogen and oxygen atoms in total. The van der Waals surface area contributed by atoms with Crippen LogP contribution in [0.3, 0.4) is 0 Å². The number of piperidine rings is 1. The first-order valence-electron chi connectivity index (χ1n) is 9.73. The molecule has 7 heteroatoms. The number of carbonyl (C=O) groups is 2. The predicted octanol–water partition coefficient (Wildman–Crippen LogP) is 4.05. The van der Waals surface area contributed by atoms with Gasteiger partial charge in [0.05, 0.1) is 5.56 Å². The van der Waals surface area contributed by atoms with Gasteiger partial charge in [-0.15, -0.1) is 0 Å². The molecule has 2 aromatic carbocycles. The zero-order valence-corrected chi connectivity index (χ0v) is 17.5. The monoisotopic (exact) mass is 415 g/mol. The van der Waals surface area contributed by atoms with Crippen molar-refractivity contribution in [1.82, 2.24) is 4.90 Å². The molecule has 1 saturated heterocycles. The van der Waals surface area contributed by atoms with Crippen LogP contribution in [0.15, 0.2) is 42.5 Å². The summed E-state index contributed by atoms with van der Waals surface area (Å²) in [7, 11) is 3.81. The van der Waals surface area contributed by atoms with E-state index < -0.39 is 0 Å². The molecule has 1 aliphatic rings. The van der Waals surface area contributed by atoms with Crippen LogP contribution < -0.4 is 15.0 Å². The Morgan fingerprint density at radius 3 is 2.41 bits per heavy atom. The molecule has 1 N–H and O–H groups in total. The lowest BCUT2D eigenvalue weighted by molar-refractivity contribution is -0.118. The zero-order valence-electron chi connectivity index (χ0n) is 16.8. The quantitative estimate of drug-likeness (QED) is 0.773. The highest BCUT2D eigenvalue weighted by atomic mass is 35.5. The number of hydrogen-bond acceptors (Lipinski definition) is 4. The largest absolute Gasteiger partial charge is 0.484 e. The number of hydrogen-bond donors (Lipinski definition) is 1. The van der Waals surface area contributed by atoms with Crippen molar-refractivity contribution in [3.05, 3.63) is 53.1 Å². The summed E-state index contributed by atoms with van der Waals surface area (Å²) < 4.78 is 5.48. The minimum atomic E-state index is -0.297. The fourth-order valence-corrected chi connectivity index (χ4v) is 3.45. The molecule has 0 aliphatic carbocycles. The second-order valence-electron chi connectivity index (χ2n) is 7.27. The molecule has 0 radical (unpaired) electrons. The van der Waals surface area contributed by atoms with Gasteiger partial charge in [-0.05, 0) is 61.7 Å². The standard InChI is InChI=1S/C22H26ClN3O3/c1-25(2)20-11-8-17(14-19(20)22(28)26-12-4-3-5-13-26)24-21(27)15-29-18-9-6-16(23)7-10-18/h6-11,14H,3-5,12-13,15H2,1-2H3,(H,24,27). The van der Waals surface area contributed by atoms with E-state index in [1.165, 1.54) is 0 Å². The molecule has 2 amide bonds. The second kappa shape index (κ2) is 9.65. The third kappa shape index (κ3) is 5.64. The van der Waals surface area contributed by atoms with E-state index in [9.17, 15) is 9.59 Å². The molecular formula is C22H26ClN3O3. The highest BCUT2D eigenvalue weighted by Crippen LogP contribution is 2.26. The van der Waals surface area contributed by atoms with Crippen LogP contribution >= 0.6 is 11.6 Å². The third-order valence-electron chi connectivity index (χ3n) is 4.82. The van der Waals surface area contributed by atoms with Crippen LogP contribution in [-0.4, -0.2) is 50.5 Å². The highest BCUT2D eigenvalue weighted by Gasteiger charge is 2.22. The Balaban J connectivity index is 1.69. The van der Waals surface area contributed by atoms with Gasteiger partial charge in [0, 0.05) is 43.6 Å². The molecule has 1 fully saturated rings. The number of ether oxygens (including phenoxy) is 1. The van der Waals surface area contributed by atoms with Gasteiger partial charge in [0.2, 0.25) is 0 Å². The van der Waals surface area contributed by atoms with Crippen LogP contribution in [0.25, 0.3) is 0 Å². The van der Waals surface area contributed by atoms with Crippen LogP contribution in [0.2, 0.25) is 5.02 Å². The Hall–Kier alpha value is -2.73. The van der Waals surface area contributed by atoms with Crippen LogP contribution in [0.5, 0.6) is 5.75 Å². The Kier molecular flexibility index (Phi) is 6.99. The normalized spacial score (nSPS) is 13.7. The molecule has 154 valence electrons. The van der Waals surface area contributed by atoms with Gasteiger partial charge in [0.15, 0.2) is 6.61 Å². The van der Waals surface area contributed by atoms with Crippen molar-refractivity contribution in [1.29, 1.82) is 0 Å². The molecule has 1 heterocycles. The summed E-state index contributed by atoms with van der Waals surface area (Å²) in [5, 5.41) is 3.41. The maximum atomic E-state index is 13.1. The minimum Gasteiger partial charge on any atom is -0.484 e. The first-order chi connectivity index (χ1) is 13.9. The van der Waals surface area contributed by atoms with Gasteiger partial charge in [-0.3, -0.25) is 9.59 Å². The Labute approximate surface area is 176 Å². The molecular weight excluding hydrogens is 390 g/mol. The fourth-order valence-electron chi connectivity index (χ4n) is 3.32. The minimum absolute atomic E-state index is 0.00177. The summed E-state index contributed by atoms with van der Waals surface area (Å²) >= 11 is 5.84. The molecule has 0 atom stereocenters. The summed E-state index contributed by atoms with van der Waals surface area (Å²) in [6, 6.07) is 12.2. The Morgan fingerprint density at radius 1 is 1.07 bits per heavy atom. The molecule has 1 aliphatic heterocycles. The molecule has 0 saturated carbocycles. The number of likely N-dealkylation sites (tertiary alicyclic amines) is 1. The van der Waals surface area contributed by atoms with Gasteiger partial charge in [-0.1, -0.05) is 11.6 Å². The van der Waals surface area contributed by atoms with Crippen molar-refractivity contribution in [3.63, 3.8) is 0 Å². The number of nitrogens with one attached hydrogen (secondary N) is 1. The summed E-state index contributed by atoms with van der Waals surface area (Å²) in [6.45, 7) is 1.42. The van der Waals surface area contributed by atoms with Crippen LogP contribution in [0, 0.1) is 0 Å². The van der Waals surface area contributed by atoms with Gasteiger partial charge in [0.25, 0.3) is 11.8 Å². The van der Waals surface area contributed by atoms with Crippen molar-refractivity contribution >= 4 is 34.8 Å². The lowest BCUT2D eigenvalue weighted by Crippen LogP contribution is -2.36. The Bertz CT molecular complexity index is 862. The van der Waals surface area contributed by atoms with E-state index in [4.69, 9.17) is 16.3 Å². The van der Waals surface area contributed by atoms with Gasteiger partial charge >= 0.3 is 0 Å². The molecule has 0 bridgehead atoms. The predicted molar refractivity (Wildman–Crippen MR) is 116 cm³/mol. The smallest absolute Gasteiger partial charge is 0.262 e. The van der Waals surface area contributed by atoms with E-state index >= 15 is 0 Å². The van der Waals surface area contributed by atoms with Gasteiger partial charge in [0.1, 0.15) is 5.75 Å². The van der Waals surface area contributed by atoms with E-state index in [2.05, 4.69) is 5.32 Å². The molecule has 0 aromatic heterocycles. The SMILES string of the molecule is CN(C)c1ccc(NC(=O)COc2ccc(Cl)cc2)cc1C(=O)N1CCCCC1. The number of halogens is 1. The summed E-state index contributed by atoms with van der Waals surface area (Å²) in [5.41, 5.74) is 1.99. The maximum Gasteiger partial charge on any atom is 0.262 e.